The van der Waals surface area contributed by atoms with Crippen molar-refractivity contribution in [1.29, 1.82) is 0 Å². The first-order valence-electron chi connectivity index (χ1n) is 11.2. The van der Waals surface area contributed by atoms with Crippen LogP contribution in [0.25, 0.3) is 0 Å². The molecule has 2 aromatic carbocycles. The second-order valence-electron chi connectivity index (χ2n) is 8.11. The Hall–Kier alpha value is -4.14. The summed E-state index contributed by atoms with van der Waals surface area (Å²) in [6.45, 7) is 1.24. The van der Waals surface area contributed by atoms with E-state index in [4.69, 9.17) is 10.5 Å². The lowest BCUT2D eigenvalue weighted by molar-refractivity contribution is -0.146. The summed E-state index contributed by atoms with van der Waals surface area (Å²) >= 11 is 0. The lowest BCUT2D eigenvalue weighted by Crippen LogP contribution is -2.38. The fourth-order valence-electron chi connectivity index (χ4n) is 4.21. The molecule has 0 saturated carbocycles. The van der Waals surface area contributed by atoms with Crippen molar-refractivity contribution in [2.75, 3.05) is 36.3 Å². The van der Waals surface area contributed by atoms with E-state index in [1.54, 1.807) is 0 Å². The van der Waals surface area contributed by atoms with Crippen molar-refractivity contribution in [3.8, 4) is 0 Å². The number of hydrazine groups is 1. The number of ether oxygens (including phenoxy) is 1. The van der Waals surface area contributed by atoms with Crippen LogP contribution >= 0.6 is 0 Å². The van der Waals surface area contributed by atoms with Gasteiger partial charge in [0.05, 0.1) is 18.9 Å². The van der Waals surface area contributed by atoms with Crippen LogP contribution in [0, 0.1) is 5.92 Å². The number of esters is 1. The van der Waals surface area contributed by atoms with Crippen molar-refractivity contribution in [1.82, 2.24) is 15.4 Å². The van der Waals surface area contributed by atoms with Gasteiger partial charge in [-0.2, -0.15) is 0 Å². The Morgan fingerprint density at radius 1 is 1.00 bits per heavy atom. The highest BCUT2D eigenvalue weighted by Crippen LogP contribution is 2.30. The average Bonchev–Trinajstić information content (AvgIpc) is 2.89. The van der Waals surface area contributed by atoms with Gasteiger partial charge < -0.3 is 15.4 Å². The number of nitrogens with zero attached hydrogens (tertiary/aromatic N) is 3. The molecular formula is C25H28N6O3. The zero-order valence-corrected chi connectivity index (χ0v) is 19.0. The molecule has 0 unspecified atom stereocenters. The summed E-state index contributed by atoms with van der Waals surface area (Å²) in [4.78, 5) is 35.6. The van der Waals surface area contributed by atoms with Gasteiger partial charge in [-0.25, -0.2) is 9.97 Å². The third kappa shape index (κ3) is 5.09. The van der Waals surface area contributed by atoms with Crippen LogP contribution in [0.2, 0.25) is 0 Å². The van der Waals surface area contributed by atoms with Crippen LogP contribution in [-0.2, 0) is 14.3 Å². The fraction of sp³-hybridized carbons (Fsp3) is 0.280. The van der Waals surface area contributed by atoms with Gasteiger partial charge in [-0.3, -0.25) is 20.4 Å². The van der Waals surface area contributed by atoms with Crippen LogP contribution in [0.4, 0.5) is 17.3 Å². The average molecular weight is 461 g/mol. The molecule has 4 N–H and O–H groups in total. The number of methoxy groups -OCH3 is 1. The monoisotopic (exact) mass is 460 g/mol. The molecule has 1 aromatic heterocycles. The molecule has 4 rings (SSSR count). The minimum atomic E-state index is -0.505. The van der Waals surface area contributed by atoms with Gasteiger partial charge in [-0.05, 0) is 24.0 Å². The lowest BCUT2D eigenvalue weighted by atomic mass is 9.91. The first kappa shape index (κ1) is 23.0. The Kier molecular flexibility index (Phi) is 7.22. The van der Waals surface area contributed by atoms with Gasteiger partial charge in [-0.1, -0.05) is 60.7 Å². The number of amides is 1. The molecule has 9 nitrogen and oxygen atoms in total. The SMILES string of the molecule is COC(=O)C1CCN(c2ncnc(NNC(=O)C(c3ccccc3)c3ccccc3)c2N)CC1. The second-order valence-corrected chi connectivity index (χ2v) is 8.11. The number of rotatable bonds is 7. The molecule has 1 aliphatic rings. The summed E-state index contributed by atoms with van der Waals surface area (Å²) in [6.07, 6.45) is 2.72. The van der Waals surface area contributed by atoms with E-state index in [0.29, 0.717) is 43.3 Å². The Morgan fingerprint density at radius 3 is 2.15 bits per heavy atom. The number of nitrogens with two attached hydrogens (primary N) is 1. The van der Waals surface area contributed by atoms with Crippen LogP contribution in [0.5, 0.6) is 0 Å². The van der Waals surface area contributed by atoms with Gasteiger partial charge in [0.2, 0.25) is 5.91 Å². The number of nitrogen functional groups attached to an aromatic ring is 1. The molecule has 1 aliphatic heterocycles. The number of hydrogen-bond acceptors (Lipinski definition) is 8. The maximum absolute atomic E-state index is 13.2. The van der Waals surface area contributed by atoms with E-state index >= 15 is 0 Å². The third-order valence-corrected chi connectivity index (χ3v) is 6.02. The molecule has 0 spiro atoms. The van der Waals surface area contributed by atoms with Gasteiger partial charge in [0.15, 0.2) is 11.6 Å². The standard InChI is InChI=1S/C25H28N6O3/c1-34-25(33)19-12-14-31(15-13-19)23-21(26)22(27-16-28-23)29-30-24(32)20(17-8-4-2-5-9-17)18-10-6-3-7-11-18/h2-11,16,19-20H,12-15,26H2,1H3,(H,30,32)(H,27,28,29). The lowest BCUT2D eigenvalue weighted by Gasteiger charge is -2.32. The molecule has 9 heteroatoms. The van der Waals surface area contributed by atoms with Gasteiger partial charge in [0.1, 0.15) is 12.0 Å². The normalized spacial score (nSPS) is 14.0. The topological polar surface area (TPSA) is 122 Å². The molecule has 1 saturated heterocycles. The summed E-state index contributed by atoms with van der Waals surface area (Å²) in [5.41, 5.74) is 14.1. The largest absolute Gasteiger partial charge is 0.469 e. The summed E-state index contributed by atoms with van der Waals surface area (Å²) < 4.78 is 4.85. The molecule has 0 aliphatic carbocycles. The van der Waals surface area contributed by atoms with Gasteiger partial charge in [-0.15, -0.1) is 0 Å². The molecular weight excluding hydrogens is 432 g/mol. The van der Waals surface area contributed by atoms with Crippen LogP contribution < -0.4 is 21.5 Å². The Labute approximate surface area is 198 Å². The molecule has 176 valence electrons. The first-order chi connectivity index (χ1) is 16.6. The Balaban J connectivity index is 1.47. The van der Waals surface area contributed by atoms with Crippen LogP contribution in [-0.4, -0.2) is 42.0 Å². The molecule has 3 aromatic rings. The van der Waals surface area contributed by atoms with Crippen LogP contribution in [0.15, 0.2) is 67.0 Å². The Bertz CT molecular complexity index is 1080. The highest BCUT2D eigenvalue weighted by atomic mass is 16.5. The highest BCUT2D eigenvalue weighted by molar-refractivity contribution is 5.88. The number of carbonyl (C=O) groups excluding carboxylic acids is 2. The van der Waals surface area contributed by atoms with Crippen molar-refractivity contribution in [2.24, 2.45) is 5.92 Å². The summed E-state index contributed by atoms with van der Waals surface area (Å²) in [7, 11) is 1.41. The zero-order valence-electron chi connectivity index (χ0n) is 19.0. The number of nitrogens with one attached hydrogen (secondary N) is 2. The summed E-state index contributed by atoms with van der Waals surface area (Å²) in [5, 5.41) is 0. The van der Waals surface area contributed by atoms with E-state index in [2.05, 4.69) is 20.8 Å². The van der Waals surface area contributed by atoms with Gasteiger partial charge >= 0.3 is 5.97 Å². The van der Waals surface area contributed by atoms with E-state index in [0.717, 1.165) is 11.1 Å². The molecule has 0 atom stereocenters. The smallest absolute Gasteiger partial charge is 0.308 e. The van der Waals surface area contributed by atoms with Crippen molar-refractivity contribution < 1.29 is 14.3 Å². The Morgan fingerprint density at radius 2 is 1.59 bits per heavy atom. The summed E-state index contributed by atoms with van der Waals surface area (Å²) in [5.74, 6) is -0.169. The van der Waals surface area contributed by atoms with E-state index in [1.807, 2.05) is 65.6 Å². The van der Waals surface area contributed by atoms with Crippen molar-refractivity contribution in [3.05, 3.63) is 78.1 Å². The molecule has 0 bridgehead atoms. The second kappa shape index (κ2) is 10.7. The van der Waals surface area contributed by atoms with Gasteiger partial charge in [0.25, 0.3) is 0 Å². The quantitative estimate of drug-likeness (QED) is 0.363. The number of hydrogen-bond donors (Lipinski definition) is 3. The maximum atomic E-state index is 13.2. The molecule has 0 radical (unpaired) electrons. The predicted molar refractivity (Wildman–Crippen MR) is 130 cm³/mol. The minimum absolute atomic E-state index is 0.117. The van der Waals surface area contributed by atoms with E-state index < -0.39 is 5.92 Å². The molecule has 2 heterocycles. The minimum Gasteiger partial charge on any atom is -0.469 e. The number of benzene rings is 2. The first-order valence-corrected chi connectivity index (χ1v) is 11.2. The van der Waals surface area contributed by atoms with Crippen molar-refractivity contribution in [2.45, 2.75) is 18.8 Å². The van der Waals surface area contributed by atoms with Crippen molar-refractivity contribution in [3.63, 3.8) is 0 Å². The summed E-state index contributed by atoms with van der Waals surface area (Å²) in [6, 6.07) is 19.1. The van der Waals surface area contributed by atoms with Gasteiger partial charge in [0, 0.05) is 13.1 Å². The molecule has 1 fully saturated rings. The van der Waals surface area contributed by atoms with Crippen LogP contribution in [0.3, 0.4) is 0 Å². The maximum Gasteiger partial charge on any atom is 0.308 e. The third-order valence-electron chi connectivity index (χ3n) is 6.02. The highest BCUT2D eigenvalue weighted by Gasteiger charge is 2.28. The van der Waals surface area contributed by atoms with Crippen LogP contribution in [0.1, 0.15) is 29.9 Å². The zero-order chi connectivity index (χ0) is 23.9. The predicted octanol–water partition coefficient (Wildman–Crippen LogP) is 2.72. The fourth-order valence-corrected chi connectivity index (χ4v) is 4.21. The molecule has 34 heavy (non-hydrogen) atoms. The van der Waals surface area contributed by atoms with Crippen molar-refractivity contribution >= 4 is 29.2 Å². The number of piperidine rings is 1. The number of carbonyl (C=O) groups is 2. The number of aromatic nitrogens is 2. The van der Waals surface area contributed by atoms with E-state index in [1.165, 1.54) is 13.4 Å². The van der Waals surface area contributed by atoms with E-state index in [-0.39, 0.29) is 17.8 Å². The molecule has 1 amide bonds. The number of anilines is 3. The van der Waals surface area contributed by atoms with E-state index in [9.17, 15) is 9.59 Å².